The minimum absolute atomic E-state index is 0.0748. The standard InChI is InChI=1S/C14H18N2O3/c1-7(2)8-4-5-14(3)9(6-8)10-11(17)15-13(18)16-12(10)19-14/h6-7,9H,4-5H2,1-3H3,(H2,15,16,17,18)/t9-,14-/m1/s1. The van der Waals surface area contributed by atoms with Crippen molar-refractivity contribution in [3.63, 3.8) is 0 Å². The van der Waals surface area contributed by atoms with Gasteiger partial charge < -0.3 is 4.74 Å². The van der Waals surface area contributed by atoms with Gasteiger partial charge in [-0.3, -0.25) is 14.8 Å². The van der Waals surface area contributed by atoms with Crippen LogP contribution < -0.4 is 16.0 Å². The molecular weight excluding hydrogens is 244 g/mol. The van der Waals surface area contributed by atoms with Crippen molar-refractivity contribution < 1.29 is 4.74 Å². The van der Waals surface area contributed by atoms with Gasteiger partial charge in [-0.05, 0) is 25.7 Å². The number of allylic oxidation sites excluding steroid dienone is 1. The number of nitrogens with one attached hydrogen (secondary N) is 2. The van der Waals surface area contributed by atoms with Crippen molar-refractivity contribution in [2.24, 2.45) is 5.92 Å². The van der Waals surface area contributed by atoms with E-state index in [-0.39, 0.29) is 11.5 Å². The zero-order valence-corrected chi connectivity index (χ0v) is 11.4. The maximum Gasteiger partial charge on any atom is 0.328 e. The number of aromatic nitrogens is 2. The molecule has 102 valence electrons. The van der Waals surface area contributed by atoms with Gasteiger partial charge in [-0.25, -0.2) is 4.79 Å². The summed E-state index contributed by atoms with van der Waals surface area (Å²) in [6.07, 6.45) is 3.98. The fourth-order valence-corrected chi connectivity index (χ4v) is 3.08. The Morgan fingerprint density at radius 3 is 2.79 bits per heavy atom. The van der Waals surface area contributed by atoms with Gasteiger partial charge in [0.05, 0.1) is 11.5 Å². The number of H-pyrrole nitrogens is 2. The zero-order valence-electron chi connectivity index (χ0n) is 11.4. The van der Waals surface area contributed by atoms with Crippen molar-refractivity contribution in [1.82, 2.24) is 9.97 Å². The van der Waals surface area contributed by atoms with Gasteiger partial charge in [-0.2, -0.15) is 0 Å². The third-order valence-electron chi connectivity index (χ3n) is 4.28. The van der Waals surface area contributed by atoms with Crippen molar-refractivity contribution in [1.29, 1.82) is 0 Å². The highest BCUT2D eigenvalue weighted by Crippen LogP contribution is 2.49. The van der Waals surface area contributed by atoms with Gasteiger partial charge in [-0.1, -0.05) is 25.5 Å². The molecule has 0 amide bonds. The summed E-state index contributed by atoms with van der Waals surface area (Å²) < 4.78 is 5.87. The van der Waals surface area contributed by atoms with E-state index in [0.29, 0.717) is 17.4 Å². The lowest BCUT2D eigenvalue weighted by Gasteiger charge is -2.34. The van der Waals surface area contributed by atoms with Crippen LogP contribution in [0.3, 0.4) is 0 Å². The van der Waals surface area contributed by atoms with Crippen molar-refractivity contribution in [3.05, 3.63) is 38.1 Å². The minimum Gasteiger partial charge on any atom is -0.471 e. The van der Waals surface area contributed by atoms with Crippen LogP contribution in [0.25, 0.3) is 0 Å². The molecule has 2 atom stereocenters. The van der Waals surface area contributed by atoms with E-state index in [0.717, 1.165) is 12.8 Å². The first-order valence-electron chi connectivity index (χ1n) is 6.67. The van der Waals surface area contributed by atoms with Crippen LogP contribution in [-0.2, 0) is 0 Å². The van der Waals surface area contributed by atoms with E-state index in [1.54, 1.807) is 0 Å². The molecule has 5 heteroatoms. The number of fused-ring (bicyclic) bond motifs is 3. The smallest absolute Gasteiger partial charge is 0.328 e. The molecule has 1 aromatic heterocycles. The highest BCUT2D eigenvalue weighted by atomic mass is 16.5. The molecule has 0 spiro atoms. The van der Waals surface area contributed by atoms with Crippen LogP contribution in [0.1, 0.15) is 45.1 Å². The molecule has 0 saturated carbocycles. The highest BCUT2D eigenvalue weighted by Gasteiger charge is 2.48. The molecule has 1 aliphatic heterocycles. The van der Waals surface area contributed by atoms with Gasteiger partial charge in [0.1, 0.15) is 5.60 Å². The summed E-state index contributed by atoms with van der Waals surface area (Å²) in [5.74, 6) is 0.729. The largest absolute Gasteiger partial charge is 0.471 e. The molecular formula is C14H18N2O3. The molecule has 1 aromatic rings. The molecule has 0 bridgehead atoms. The number of rotatable bonds is 1. The Labute approximate surface area is 110 Å². The topological polar surface area (TPSA) is 75.0 Å². The van der Waals surface area contributed by atoms with E-state index in [2.05, 4.69) is 29.9 Å². The Balaban J connectivity index is 2.18. The molecule has 19 heavy (non-hydrogen) atoms. The van der Waals surface area contributed by atoms with E-state index in [1.165, 1.54) is 5.57 Å². The molecule has 2 aliphatic rings. The fraction of sp³-hybridized carbons (Fsp3) is 0.571. The van der Waals surface area contributed by atoms with Crippen LogP contribution in [0, 0.1) is 5.92 Å². The number of hydrogen-bond donors (Lipinski definition) is 2. The van der Waals surface area contributed by atoms with Crippen LogP contribution >= 0.6 is 0 Å². The molecule has 1 aliphatic carbocycles. The Bertz CT molecular complexity index is 668. The Morgan fingerprint density at radius 2 is 2.11 bits per heavy atom. The maximum absolute atomic E-state index is 12.0. The summed E-state index contributed by atoms with van der Waals surface area (Å²) in [5.41, 5.74) is 0.634. The second-order valence-corrected chi connectivity index (χ2v) is 5.94. The molecule has 0 saturated heterocycles. The molecule has 0 aromatic carbocycles. The van der Waals surface area contributed by atoms with Crippen molar-refractivity contribution >= 4 is 0 Å². The fourth-order valence-electron chi connectivity index (χ4n) is 3.08. The van der Waals surface area contributed by atoms with Gasteiger partial charge in [0.25, 0.3) is 5.56 Å². The third-order valence-corrected chi connectivity index (χ3v) is 4.28. The highest BCUT2D eigenvalue weighted by molar-refractivity contribution is 5.42. The van der Waals surface area contributed by atoms with Crippen LogP contribution in [0.15, 0.2) is 21.2 Å². The van der Waals surface area contributed by atoms with E-state index in [4.69, 9.17) is 4.74 Å². The third kappa shape index (κ3) is 1.76. The van der Waals surface area contributed by atoms with Crippen LogP contribution in [-0.4, -0.2) is 15.6 Å². The second-order valence-electron chi connectivity index (χ2n) is 5.94. The summed E-state index contributed by atoms with van der Waals surface area (Å²) in [4.78, 5) is 28.2. The van der Waals surface area contributed by atoms with E-state index in [9.17, 15) is 9.59 Å². The first-order valence-corrected chi connectivity index (χ1v) is 6.67. The lowest BCUT2D eigenvalue weighted by molar-refractivity contribution is 0.0811. The summed E-state index contributed by atoms with van der Waals surface area (Å²) in [6.45, 7) is 6.31. The molecule has 0 radical (unpaired) electrons. The first-order chi connectivity index (χ1) is 8.90. The molecule has 0 unspecified atom stereocenters. The molecule has 5 nitrogen and oxygen atoms in total. The Hall–Kier alpha value is -1.78. The normalized spacial score (nSPS) is 28.6. The lowest BCUT2D eigenvalue weighted by atomic mass is 9.74. The van der Waals surface area contributed by atoms with Crippen LogP contribution in [0.2, 0.25) is 0 Å². The quantitative estimate of drug-likeness (QED) is 0.756. The average molecular weight is 262 g/mol. The summed E-state index contributed by atoms with van der Waals surface area (Å²) in [7, 11) is 0. The SMILES string of the molecule is CC(C)C1=C[C@@H]2c3c([nH]c(=O)[nH]c3=O)O[C@]2(C)CC1. The Morgan fingerprint density at radius 1 is 1.37 bits per heavy atom. The van der Waals surface area contributed by atoms with Gasteiger partial charge in [-0.15, -0.1) is 0 Å². The Kier molecular flexibility index (Phi) is 2.49. The van der Waals surface area contributed by atoms with Crippen LogP contribution in [0.5, 0.6) is 5.88 Å². The zero-order chi connectivity index (χ0) is 13.8. The monoisotopic (exact) mass is 262 g/mol. The summed E-state index contributed by atoms with van der Waals surface area (Å²) in [5, 5.41) is 0. The van der Waals surface area contributed by atoms with Crippen molar-refractivity contribution in [2.75, 3.05) is 0 Å². The van der Waals surface area contributed by atoms with Crippen molar-refractivity contribution in [2.45, 2.75) is 45.1 Å². The van der Waals surface area contributed by atoms with E-state index < -0.39 is 11.3 Å². The molecule has 3 rings (SSSR count). The predicted molar refractivity (Wildman–Crippen MR) is 71.6 cm³/mol. The molecule has 2 N–H and O–H groups in total. The molecule has 2 heterocycles. The molecule has 0 fully saturated rings. The second kappa shape index (κ2) is 3.85. The lowest BCUT2D eigenvalue weighted by Crippen LogP contribution is -2.37. The first kappa shape index (κ1) is 12.3. The van der Waals surface area contributed by atoms with E-state index >= 15 is 0 Å². The van der Waals surface area contributed by atoms with E-state index in [1.807, 2.05) is 6.92 Å². The number of aromatic amines is 2. The van der Waals surface area contributed by atoms with Gasteiger partial charge in [0.2, 0.25) is 5.88 Å². The summed E-state index contributed by atoms with van der Waals surface area (Å²) >= 11 is 0. The number of hydrogen-bond acceptors (Lipinski definition) is 3. The predicted octanol–water partition coefficient (Wildman–Crippen LogP) is 1.67. The minimum atomic E-state index is -0.515. The van der Waals surface area contributed by atoms with Gasteiger partial charge in [0, 0.05) is 0 Å². The average Bonchev–Trinajstić information content (AvgIpc) is 2.59. The summed E-state index contributed by atoms with van der Waals surface area (Å²) in [6, 6.07) is 0. The maximum atomic E-state index is 12.0. The van der Waals surface area contributed by atoms with Crippen molar-refractivity contribution in [3.8, 4) is 5.88 Å². The van der Waals surface area contributed by atoms with Gasteiger partial charge >= 0.3 is 5.69 Å². The number of ether oxygens (including phenoxy) is 1. The van der Waals surface area contributed by atoms with Crippen LogP contribution in [0.4, 0.5) is 0 Å². The van der Waals surface area contributed by atoms with Gasteiger partial charge in [0.15, 0.2) is 0 Å².